The average Bonchev–Trinajstić information content (AvgIpc) is 2.61. The van der Waals surface area contributed by atoms with Gasteiger partial charge in [0.2, 0.25) is 5.91 Å². The molecule has 0 saturated carbocycles. The minimum absolute atomic E-state index is 0.00641. The van der Waals surface area contributed by atoms with Crippen LogP contribution in [0.2, 0.25) is 5.02 Å². The average molecular weight is 363 g/mol. The topological polar surface area (TPSA) is 76.7 Å². The number of hydrogen-bond acceptors (Lipinski definition) is 5. The molecular formula is C18H19ClN2O4. The van der Waals surface area contributed by atoms with Crippen molar-refractivity contribution in [3.05, 3.63) is 47.0 Å². The zero-order valence-corrected chi connectivity index (χ0v) is 14.9. The molecule has 0 unspecified atom stereocenters. The van der Waals surface area contributed by atoms with Gasteiger partial charge in [-0.15, -0.1) is 0 Å². The molecule has 7 heteroatoms. The molecule has 2 aromatic rings. The zero-order valence-electron chi connectivity index (χ0n) is 14.2. The van der Waals surface area contributed by atoms with E-state index < -0.39 is 0 Å². The second-order valence-electron chi connectivity index (χ2n) is 5.22. The predicted molar refractivity (Wildman–Crippen MR) is 98.1 cm³/mol. The van der Waals surface area contributed by atoms with Gasteiger partial charge in [-0.05, 0) is 31.2 Å². The van der Waals surface area contributed by atoms with Gasteiger partial charge < -0.3 is 20.1 Å². The summed E-state index contributed by atoms with van der Waals surface area (Å²) < 4.78 is 10.4. The molecular weight excluding hydrogens is 344 g/mol. The van der Waals surface area contributed by atoms with Crippen molar-refractivity contribution in [3.63, 3.8) is 0 Å². The van der Waals surface area contributed by atoms with Crippen LogP contribution in [0.1, 0.15) is 17.3 Å². The number of hydrogen-bond donors (Lipinski definition) is 2. The van der Waals surface area contributed by atoms with Crippen LogP contribution in [0.3, 0.4) is 0 Å². The highest BCUT2D eigenvalue weighted by atomic mass is 35.5. The lowest BCUT2D eigenvalue weighted by molar-refractivity contribution is -0.114. The lowest BCUT2D eigenvalue weighted by Crippen LogP contribution is -2.22. The number of amides is 1. The van der Waals surface area contributed by atoms with Gasteiger partial charge in [-0.25, -0.2) is 0 Å². The van der Waals surface area contributed by atoms with Crippen LogP contribution in [-0.2, 0) is 4.79 Å². The second-order valence-corrected chi connectivity index (χ2v) is 5.63. The van der Waals surface area contributed by atoms with E-state index in [1.807, 2.05) is 0 Å². The Kier molecular flexibility index (Phi) is 6.25. The van der Waals surface area contributed by atoms with Crippen molar-refractivity contribution in [3.8, 4) is 11.5 Å². The van der Waals surface area contributed by atoms with E-state index in [1.165, 1.54) is 21.1 Å². The Morgan fingerprint density at radius 1 is 1.04 bits per heavy atom. The molecule has 0 saturated heterocycles. The predicted octanol–water partition coefficient (Wildman–Crippen LogP) is 3.61. The third-order valence-electron chi connectivity index (χ3n) is 3.49. The van der Waals surface area contributed by atoms with Gasteiger partial charge >= 0.3 is 0 Å². The molecule has 0 spiro atoms. The molecule has 0 aliphatic rings. The molecule has 6 nitrogen and oxygen atoms in total. The summed E-state index contributed by atoms with van der Waals surface area (Å²) in [4.78, 5) is 23.4. The molecule has 0 aliphatic carbocycles. The summed E-state index contributed by atoms with van der Waals surface area (Å²) in [6.07, 6.45) is 0. The number of nitrogens with one attached hydrogen (secondary N) is 2. The summed E-state index contributed by atoms with van der Waals surface area (Å²) in [7, 11) is 2.98. The number of halogens is 1. The fourth-order valence-corrected chi connectivity index (χ4v) is 2.39. The van der Waals surface area contributed by atoms with E-state index in [0.29, 0.717) is 27.8 Å². The molecule has 0 aliphatic heterocycles. The molecule has 0 aromatic heterocycles. The summed E-state index contributed by atoms with van der Waals surface area (Å²) in [6, 6.07) is 10.1. The van der Waals surface area contributed by atoms with Crippen molar-refractivity contribution in [2.75, 3.05) is 31.4 Å². The van der Waals surface area contributed by atoms with Crippen molar-refractivity contribution in [2.45, 2.75) is 6.92 Å². The van der Waals surface area contributed by atoms with Crippen LogP contribution in [0.4, 0.5) is 11.4 Å². The van der Waals surface area contributed by atoms with Crippen LogP contribution < -0.4 is 20.1 Å². The number of ketones is 1. The Labute approximate surface area is 151 Å². The number of ether oxygens (including phenoxy) is 2. The summed E-state index contributed by atoms with van der Waals surface area (Å²) >= 11 is 6.04. The van der Waals surface area contributed by atoms with Crippen LogP contribution in [0.15, 0.2) is 36.4 Å². The number of methoxy groups -OCH3 is 2. The van der Waals surface area contributed by atoms with Crippen molar-refractivity contribution >= 4 is 34.7 Å². The molecule has 0 radical (unpaired) electrons. The molecule has 1 amide bonds. The number of anilines is 2. The van der Waals surface area contributed by atoms with Crippen LogP contribution in [0.5, 0.6) is 11.5 Å². The molecule has 0 heterocycles. The Morgan fingerprint density at radius 2 is 1.68 bits per heavy atom. The molecule has 0 atom stereocenters. The standard InChI is InChI=1S/C18H19ClN2O4/c1-11(22)12-4-6-13(7-5-12)20-10-18(23)21-15-9-16(24-2)14(19)8-17(15)25-3/h4-9,20H,10H2,1-3H3,(H,21,23). The van der Waals surface area contributed by atoms with E-state index in [-0.39, 0.29) is 18.2 Å². The minimum atomic E-state index is -0.265. The molecule has 2 N–H and O–H groups in total. The van der Waals surface area contributed by atoms with Gasteiger partial charge in [0, 0.05) is 23.4 Å². The van der Waals surface area contributed by atoms with E-state index in [0.717, 1.165) is 5.69 Å². The van der Waals surface area contributed by atoms with Crippen LogP contribution in [0.25, 0.3) is 0 Å². The summed E-state index contributed by atoms with van der Waals surface area (Å²) in [5.41, 5.74) is 1.82. The van der Waals surface area contributed by atoms with E-state index in [9.17, 15) is 9.59 Å². The fourth-order valence-electron chi connectivity index (χ4n) is 2.16. The number of carbonyl (C=O) groups excluding carboxylic acids is 2. The van der Waals surface area contributed by atoms with Gasteiger partial charge in [0.1, 0.15) is 11.5 Å². The normalized spacial score (nSPS) is 10.1. The highest BCUT2D eigenvalue weighted by Gasteiger charge is 2.12. The number of benzene rings is 2. The van der Waals surface area contributed by atoms with Gasteiger partial charge in [0.05, 0.1) is 31.5 Å². The number of rotatable bonds is 7. The van der Waals surface area contributed by atoms with Crippen LogP contribution in [-0.4, -0.2) is 32.5 Å². The largest absolute Gasteiger partial charge is 0.495 e. The second kappa shape index (κ2) is 8.39. The Bertz CT molecular complexity index is 775. The first-order valence-corrected chi connectivity index (χ1v) is 7.88. The van der Waals surface area contributed by atoms with Gasteiger partial charge in [0.15, 0.2) is 5.78 Å². The summed E-state index contributed by atoms with van der Waals surface area (Å²) in [5.74, 6) is 0.599. The summed E-state index contributed by atoms with van der Waals surface area (Å²) in [6.45, 7) is 1.55. The third-order valence-corrected chi connectivity index (χ3v) is 3.79. The summed E-state index contributed by atoms with van der Waals surface area (Å²) in [5, 5.41) is 6.12. The smallest absolute Gasteiger partial charge is 0.243 e. The van der Waals surface area contributed by atoms with Crippen molar-refractivity contribution in [1.82, 2.24) is 0 Å². The third kappa shape index (κ3) is 4.87. The van der Waals surface area contributed by atoms with Crippen LogP contribution >= 0.6 is 11.6 Å². The zero-order chi connectivity index (χ0) is 18.4. The molecule has 2 aromatic carbocycles. The van der Waals surface area contributed by atoms with Gasteiger partial charge in [0.25, 0.3) is 0 Å². The molecule has 25 heavy (non-hydrogen) atoms. The number of Topliss-reactive ketones (excluding diaryl/α,β-unsaturated/α-hetero) is 1. The monoisotopic (exact) mass is 362 g/mol. The fraction of sp³-hybridized carbons (Fsp3) is 0.222. The maximum absolute atomic E-state index is 12.2. The van der Waals surface area contributed by atoms with Gasteiger partial charge in [-0.2, -0.15) is 0 Å². The van der Waals surface area contributed by atoms with Crippen molar-refractivity contribution < 1.29 is 19.1 Å². The van der Waals surface area contributed by atoms with E-state index in [2.05, 4.69) is 10.6 Å². The quantitative estimate of drug-likeness (QED) is 0.736. The Balaban J connectivity index is 2.01. The molecule has 0 bridgehead atoms. The van der Waals surface area contributed by atoms with Crippen LogP contribution in [0, 0.1) is 0 Å². The molecule has 0 fully saturated rings. The van der Waals surface area contributed by atoms with Crippen molar-refractivity contribution in [1.29, 1.82) is 0 Å². The molecule has 2 rings (SSSR count). The highest BCUT2D eigenvalue weighted by molar-refractivity contribution is 6.32. The first-order valence-electron chi connectivity index (χ1n) is 7.51. The lowest BCUT2D eigenvalue weighted by atomic mass is 10.1. The maximum atomic E-state index is 12.2. The maximum Gasteiger partial charge on any atom is 0.243 e. The highest BCUT2D eigenvalue weighted by Crippen LogP contribution is 2.35. The van der Waals surface area contributed by atoms with Crippen molar-refractivity contribution in [2.24, 2.45) is 0 Å². The van der Waals surface area contributed by atoms with E-state index in [1.54, 1.807) is 36.4 Å². The van der Waals surface area contributed by atoms with Gasteiger partial charge in [-0.3, -0.25) is 9.59 Å². The lowest BCUT2D eigenvalue weighted by Gasteiger charge is -2.13. The SMILES string of the molecule is COc1cc(NC(=O)CNc2ccc(C(C)=O)cc2)c(OC)cc1Cl. The van der Waals surface area contributed by atoms with E-state index in [4.69, 9.17) is 21.1 Å². The first-order chi connectivity index (χ1) is 11.9. The minimum Gasteiger partial charge on any atom is -0.495 e. The Hall–Kier alpha value is -2.73. The first kappa shape index (κ1) is 18.6. The van der Waals surface area contributed by atoms with Gasteiger partial charge in [-0.1, -0.05) is 11.6 Å². The van der Waals surface area contributed by atoms with E-state index >= 15 is 0 Å². The number of carbonyl (C=O) groups is 2. The molecule has 132 valence electrons. The Morgan fingerprint density at radius 3 is 2.24 bits per heavy atom.